The second-order valence-corrected chi connectivity index (χ2v) is 4.75. The standard InChI is InChI=1S/C9H20N4O2.C7H10N2O2/c1-10-5-3-8(14)12-7-13-9(15)4-6-11-2;1-3-6(10)8-5-9-7(11)4-2/h10-11H,3-7H2,1-2H3,(H,12,14)(H,13,15);3-4H,1-2,5H2,(H,8,10)(H,9,11). The summed E-state index contributed by atoms with van der Waals surface area (Å²) in [7, 11) is 3.57. The maximum absolute atomic E-state index is 11.1. The fraction of sp³-hybridized carbons (Fsp3) is 0.500. The Hall–Kier alpha value is -2.72. The summed E-state index contributed by atoms with van der Waals surface area (Å²) in [4.78, 5) is 43.1. The zero-order valence-electron chi connectivity index (χ0n) is 15.4. The second-order valence-electron chi connectivity index (χ2n) is 4.75. The van der Waals surface area contributed by atoms with E-state index in [1.807, 2.05) is 0 Å². The van der Waals surface area contributed by atoms with Crippen LogP contribution in [-0.2, 0) is 19.2 Å². The average molecular weight is 370 g/mol. The van der Waals surface area contributed by atoms with Crippen LogP contribution in [0.5, 0.6) is 0 Å². The molecule has 10 nitrogen and oxygen atoms in total. The van der Waals surface area contributed by atoms with Gasteiger partial charge in [-0.25, -0.2) is 0 Å². The lowest BCUT2D eigenvalue weighted by atomic mass is 10.4. The molecule has 0 saturated heterocycles. The van der Waals surface area contributed by atoms with Crippen molar-refractivity contribution in [3.05, 3.63) is 25.3 Å². The van der Waals surface area contributed by atoms with Gasteiger partial charge in [-0.05, 0) is 26.2 Å². The summed E-state index contributed by atoms with van der Waals surface area (Å²) in [5.74, 6) is -0.791. The number of rotatable bonds is 12. The highest BCUT2D eigenvalue weighted by molar-refractivity contribution is 5.89. The van der Waals surface area contributed by atoms with E-state index in [2.05, 4.69) is 45.1 Å². The molecule has 10 heteroatoms. The molecule has 0 aromatic rings. The number of carbonyl (C=O) groups is 4. The van der Waals surface area contributed by atoms with E-state index in [1.54, 1.807) is 14.1 Å². The van der Waals surface area contributed by atoms with Crippen LogP contribution in [-0.4, -0.2) is 64.2 Å². The fourth-order valence-corrected chi connectivity index (χ4v) is 1.26. The quantitative estimate of drug-likeness (QED) is 0.172. The van der Waals surface area contributed by atoms with Crippen LogP contribution in [0.2, 0.25) is 0 Å². The summed E-state index contributed by atoms with van der Waals surface area (Å²) in [5, 5.41) is 15.6. The van der Waals surface area contributed by atoms with Crippen LogP contribution in [0.25, 0.3) is 0 Å². The molecular formula is C16H30N6O4. The van der Waals surface area contributed by atoms with E-state index in [0.29, 0.717) is 25.9 Å². The Morgan fingerprint density at radius 2 is 1.04 bits per heavy atom. The summed E-state index contributed by atoms with van der Waals surface area (Å²) in [6.07, 6.45) is 3.09. The number of hydrogen-bond acceptors (Lipinski definition) is 6. The molecule has 0 rings (SSSR count). The first kappa shape index (κ1) is 25.5. The minimum Gasteiger partial charge on any atom is -0.339 e. The molecule has 0 aliphatic heterocycles. The first-order chi connectivity index (χ1) is 12.4. The van der Waals surface area contributed by atoms with Crippen LogP contribution in [0.4, 0.5) is 0 Å². The van der Waals surface area contributed by atoms with Crippen LogP contribution in [0, 0.1) is 0 Å². The van der Waals surface area contributed by atoms with Crippen molar-refractivity contribution in [3.63, 3.8) is 0 Å². The minimum absolute atomic E-state index is 0.0710. The smallest absolute Gasteiger partial charge is 0.244 e. The maximum Gasteiger partial charge on any atom is 0.244 e. The zero-order valence-corrected chi connectivity index (χ0v) is 15.4. The number of nitrogens with one attached hydrogen (secondary N) is 6. The molecule has 148 valence electrons. The Morgan fingerprint density at radius 1 is 0.692 bits per heavy atom. The molecule has 0 bridgehead atoms. The van der Waals surface area contributed by atoms with Gasteiger partial charge in [0.25, 0.3) is 0 Å². The predicted molar refractivity (Wildman–Crippen MR) is 99.8 cm³/mol. The lowest BCUT2D eigenvalue weighted by molar-refractivity contribution is -0.123. The molecule has 0 unspecified atom stereocenters. The van der Waals surface area contributed by atoms with E-state index in [1.165, 1.54) is 0 Å². The van der Waals surface area contributed by atoms with Gasteiger partial charge in [0.05, 0.1) is 13.3 Å². The van der Waals surface area contributed by atoms with E-state index in [4.69, 9.17) is 0 Å². The third-order valence-electron chi connectivity index (χ3n) is 2.67. The van der Waals surface area contributed by atoms with Crippen LogP contribution < -0.4 is 31.9 Å². The van der Waals surface area contributed by atoms with Gasteiger partial charge in [-0.15, -0.1) is 0 Å². The molecule has 26 heavy (non-hydrogen) atoms. The molecule has 0 aromatic heterocycles. The van der Waals surface area contributed by atoms with Crippen LogP contribution in [0.15, 0.2) is 25.3 Å². The third-order valence-corrected chi connectivity index (χ3v) is 2.67. The van der Waals surface area contributed by atoms with Crippen LogP contribution >= 0.6 is 0 Å². The predicted octanol–water partition coefficient (Wildman–Crippen LogP) is -2.06. The van der Waals surface area contributed by atoms with Crippen molar-refractivity contribution >= 4 is 23.6 Å². The van der Waals surface area contributed by atoms with Crippen molar-refractivity contribution in [1.82, 2.24) is 31.9 Å². The van der Waals surface area contributed by atoms with Crippen LogP contribution in [0.1, 0.15) is 12.8 Å². The van der Waals surface area contributed by atoms with Crippen molar-refractivity contribution in [1.29, 1.82) is 0 Å². The Balaban J connectivity index is 0. The van der Waals surface area contributed by atoms with E-state index in [9.17, 15) is 19.2 Å². The Bertz CT molecular complexity index is 428. The fourth-order valence-electron chi connectivity index (χ4n) is 1.26. The molecule has 0 fully saturated rings. The lowest BCUT2D eigenvalue weighted by Crippen LogP contribution is -2.38. The summed E-state index contributed by atoms with van der Waals surface area (Å²) in [5.41, 5.74) is 0. The van der Waals surface area contributed by atoms with Gasteiger partial charge >= 0.3 is 0 Å². The van der Waals surface area contributed by atoms with Crippen molar-refractivity contribution in [3.8, 4) is 0 Å². The molecule has 0 spiro atoms. The minimum atomic E-state index is -0.325. The number of hydrogen-bond donors (Lipinski definition) is 6. The van der Waals surface area contributed by atoms with Crippen LogP contribution in [0.3, 0.4) is 0 Å². The molecule has 6 N–H and O–H groups in total. The largest absolute Gasteiger partial charge is 0.339 e. The summed E-state index contributed by atoms with van der Waals surface area (Å²) in [6.45, 7) is 8.04. The molecule has 0 aliphatic rings. The third kappa shape index (κ3) is 19.3. The summed E-state index contributed by atoms with van der Waals surface area (Å²) in [6, 6.07) is 0. The average Bonchev–Trinajstić information content (AvgIpc) is 2.64. The van der Waals surface area contributed by atoms with Gasteiger partial charge in [0, 0.05) is 25.9 Å². The Labute approximate surface area is 154 Å². The zero-order chi connectivity index (χ0) is 20.2. The topological polar surface area (TPSA) is 140 Å². The molecule has 0 saturated carbocycles. The van der Waals surface area contributed by atoms with Crippen molar-refractivity contribution < 1.29 is 19.2 Å². The van der Waals surface area contributed by atoms with Gasteiger partial charge in [-0.3, -0.25) is 19.2 Å². The van der Waals surface area contributed by atoms with Crippen molar-refractivity contribution in [2.24, 2.45) is 0 Å². The van der Waals surface area contributed by atoms with Gasteiger partial charge in [0.15, 0.2) is 0 Å². The molecule has 0 aliphatic carbocycles. The summed E-state index contributed by atoms with van der Waals surface area (Å²) < 4.78 is 0. The highest BCUT2D eigenvalue weighted by atomic mass is 16.2. The molecule has 0 atom stereocenters. The first-order valence-corrected chi connectivity index (χ1v) is 8.04. The van der Waals surface area contributed by atoms with Gasteiger partial charge in [-0.1, -0.05) is 13.2 Å². The molecular weight excluding hydrogens is 340 g/mol. The number of carbonyl (C=O) groups excluding carboxylic acids is 4. The van der Waals surface area contributed by atoms with Gasteiger partial charge in [-0.2, -0.15) is 0 Å². The van der Waals surface area contributed by atoms with Gasteiger partial charge < -0.3 is 31.9 Å². The van der Waals surface area contributed by atoms with E-state index in [-0.39, 0.29) is 37.0 Å². The second kappa shape index (κ2) is 18.6. The highest BCUT2D eigenvalue weighted by Gasteiger charge is 2.01. The maximum atomic E-state index is 11.1. The van der Waals surface area contributed by atoms with E-state index < -0.39 is 0 Å². The first-order valence-electron chi connectivity index (χ1n) is 8.04. The molecule has 0 heterocycles. The van der Waals surface area contributed by atoms with Crippen molar-refractivity contribution in [2.45, 2.75) is 12.8 Å². The van der Waals surface area contributed by atoms with E-state index >= 15 is 0 Å². The molecule has 4 amide bonds. The van der Waals surface area contributed by atoms with E-state index in [0.717, 1.165) is 12.2 Å². The van der Waals surface area contributed by atoms with Gasteiger partial charge in [0.1, 0.15) is 0 Å². The summed E-state index contributed by atoms with van der Waals surface area (Å²) >= 11 is 0. The molecule has 0 radical (unpaired) electrons. The lowest BCUT2D eigenvalue weighted by Gasteiger charge is -2.06. The Kier molecular flexibility index (Phi) is 18.3. The van der Waals surface area contributed by atoms with Crippen molar-refractivity contribution in [2.75, 3.05) is 40.5 Å². The normalized spacial score (nSPS) is 9.00. The monoisotopic (exact) mass is 370 g/mol. The Morgan fingerprint density at radius 3 is 1.35 bits per heavy atom. The SMILES string of the molecule is C=CC(=O)NCNC(=O)C=C.CNCCC(=O)NCNC(=O)CCNC. The van der Waals surface area contributed by atoms with Gasteiger partial charge in [0.2, 0.25) is 23.6 Å². The molecule has 0 aromatic carbocycles. The number of amides is 4. The highest BCUT2D eigenvalue weighted by Crippen LogP contribution is 1.77.